The number of benzene rings is 1. The van der Waals surface area contributed by atoms with Gasteiger partial charge in [0.15, 0.2) is 5.82 Å². The smallest absolute Gasteiger partial charge is 0.341 e. The SMILES string of the molecule is O=C(O)c1c(F)ccc(C#CCCBr)c1F. The molecule has 0 unspecified atom stereocenters. The lowest BCUT2D eigenvalue weighted by Gasteiger charge is -2.01. The molecule has 1 rings (SSSR count). The highest BCUT2D eigenvalue weighted by Gasteiger charge is 2.18. The van der Waals surface area contributed by atoms with Crippen LogP contribution in [0.5, 0.6) is 0 Å². The number of halogens is 3. The molecule has 16 heavy (non-hydrogen) atoms. The van der Waals surface area contributed by atoms with Gasteiger partial charge in [0.05, 0.1) is 5.56 Å². The molecule has 0 amide bonds. The summed E-state index contributed by atoms with van der Waals surface area (Å²) in [4.78, 5) is 10.6. The minimum absolute atomic E-state index is 0.111. The molecule has 0 aliphatic carbocycles. The molecule has 0 saturated carbocycles. The van der Waals surface area contributed by atoms with E-state index in [1.54, 1.807) is 0 Å². The maximum Gasteiger partial charge on any atom is 0.341 e. The van der Waals surface area contributed by atoms with E-state index in [9.17, 15) is 13.6 Å². The summed E-state index contributed by atoms with van der Waals surface area (Å²) in [6, 6.07) is 2.02. The van der Waals surface area contributed by atoms with E-state index in [2.05, 4.69) is 27.8 Å². The van der Waals surface area contributed by atoms with Crippen molar-refractivity contribution in [3.63, 3.8) is 0 Å². The molecule has 1 aromatic rings. The first-order valence-electron chi connectivity index (χ1n) is 4.34. The van der Waals surface area contributed by atoms with E-state index in [4.69, 9.17) is 5.11 Å². The zero-order valence-electron chi connectivity index (χ0n) is 8.06. The van der Waals surface area contributed by atoms with Crippen molar-refractivity contribution in [1.29, 1.82) is 0 Å². The van der Waals surface area contributed by atoms with Crippen molar-refractivity contribution in [1.82, 2.24) is 0 Å². The second-order valence-electron chi connectivity index (χ2n) is 2.83. The summed E-state index contributed by atoms with van der Waals surface area (Å²) >= 11 is 3.14. The van der Waals surface area contributed by atoms with Crippen molar-refractivity contribution < 1.29 is 18.7 Å². The summed E-state index contributed by atoms with van der Waals surface area (Å²) in [6.45, 7) is 0. The highest BCUT2D eigenvalue weighted by atomic mass is 79.9. The lowest BCUT2D eigenvalue weighted by molar-refractivity contribution is 0.0686. The Morgan fingerprint density at radius 2 is 2.12 bits per heavy atom. The highest BCUT2D eigenvalue weighted by Crippen LogP contribution is 2.16. The molecule has 1 N–H and O–H groups in total. The largest absolute Gasteiger partial charge is 0.477 e. The van der Waals surface area contributed by atoms with Gasteiger partial charge >= 0.3 is 5.97 Å². The van der Waals surface area contributed by atoms with Crippen LogP contribution in [0.25, 0.3) is 0 Å². The topological polar surface area (TPSA) is 37.3 Å². The van der Waals surface area contributed by atoms with Crippen LogP contribution in [0.2, 0.25) is 0 Å². The van der Waals surface area contributed by atoms with Gasteiger partial charge in [0.2, 0.25) is 0 Å². The Hall–Kier alpha value is -1.41. The monoisotopic (exact) mass is 288 g/mol. The molecule has 0 bridgehead atoms. The molecule has 0 aliphatic rings. The highest BCUT2D eigenvalue weighted by molar-refractivity contribution is 9.09. The first kappa shape index (κ1) is 12.7. The van der Waals surface area contributed by atoms with Gasteiger partial charge in [-0.15, -0.1) is 0 Å². The fourth-order valence-corrected chi connectivity index (χ4v) is 1.25. The van der Waals surface area contributed by atoms with Crippen LogP contribution >= 0.6 is 15.9 Å². The van der Waals surface area contributed by atoms with Crippen molar-refractivity contribution in [2.24, 2.45) is 0 Å². The zero-order valence-corrected chi connectivity index (χ0v) is 9.64. The standard InChI is InChI=1S/C11H7BrF2O2/c12-6-2-1-3-7-4-5-8(13)9(10(7)14)11(15)16/h4-5H,2,6H2,(H,15,16). The van der Waals surface area contributed by atoms with E-state index in [1.807, 2.05) is 0 Å². The molecule has 0 spiro atoms. The van der Waals surface area contributed by atoms with Gasteiger partial charge in [0.1, 0.15) is 11.4 Å². The van der Waals surface area contributed by atoms with Crippen molar-refractivity contribution in [2.75, 3.05) is 5.33 Å². The third-order valence-corrected chi connectivity index (χ3v) is 2.14. The van der Waals surface area contributed by atoms with Crippen LogP contribution in [-0.2, 0) is 0 Å². The number of carboxylic acid groups (broad SMARTS) is 1. The van der Waals surface area contributed by atoms with Gasteiger partial charge in [-0.2, -0.15) is 0 Å². The fourth-order valence-electron chi connectivity index (χ4n) is 1.05. The molecule has 84 valence electrons. The zero-order chi connectivity index (χ0) is 12.1. The average molecular weight is 289 g/mol. The second-order valence-corrected chi connectivity index (χ2v) is 3.62. The van der Waals surface area contributed by atoms with Gasteiger partial charge < -0.3 is 5.11 Å². The molecule has 1 aromatic carbocycles. The molecule has 0 saturated heterocycles. The van der Waals surface area contributed by atoms with Crippen LogP contribution in [0.4, 0.5) is 8.78 Å². The number of rotatable bonds is 2. The molecule has 5 heteroatoms. The van der Waals surface area contributed by atoms with Gasteiger partial charge in [-0.3, -0.25) is 0 Å². The predicted octanol–water partition coefficient (Wildman–Crippen LogP) is 2.80. The Bertz CT molecular complexity index is 475. The second kappa shape index (κ2) is 5.61. The van der Waals surface area contributed by atoms with Crippen molar-refractivity contribution >= 4 is 21.9 Å². The van der Waals surface area contributed by atoms with Crippen molar-refractivity contribution in [3.8, 4) is 11.8 Å². The van der Waals surface area contributed by atoms with Crippen molar-refractivity contribution in [2.45, 2.75) is 6.42 Å². The molecule has 2 nitrogen and oxygen atoms in total. The summed E-state index contributed by atoms with van der Waals surface area (Å²) in [7, 11) is 0. The van der Waals surface area contributed by atoms with Crippen LogP contribution in [0, 0.1) is 23.5 Å². The molecule has 0 atom stereocenters. The molecule has 0 heterocycles. The summed E-state index contributed by atoms with van der Waals surface area (Å²) in [5.41, 5.74) is -1.08. The molecule has 0 aliphatic heterocycles. The Balaban J connectivity index is 3.20. The van der Waals surface area contributed by atoms with Crippen LogP contribution in [-0.4, -0.2) is 16.4 Å². The number of carboxylic acids is 1. The van der Waals surface area contributed by atoms with E-state index < -0.39 is 23.2 Å². The summed E-state index contributed by atoms with van der Waals surface area (Å²) < 4.78 is 26.5. The van der Waals surface area contributed by atoms with E-state index in [0.29, 0.717) is 11.8 Å². The van der Waals surface area contributed by atoms with E-state index in [1.165, 1.54) is 0 Å². The summed E-state index contributed by atoms with van der Waals surface area (Å²) in [5.74, 6) is 1.21. The number of hydrogen-bond acceptors (Lipinski definition) is 1. The number of aromatic carboxylic acids is 1. The summed E-state index contributed by atoms with van der Waals surface area (Å²) in [6.07, 6.45) is 0.499. The third kappa shape index (κ3) is 2.80. The normalized spacial score (nSPS) is 9.44. The maximum atomic E-state index is 13.5. The molecule has 0 aromatic heterocycles. The van der Waals surface area contributed by atoms with Gasteiger partial charge in [-0.05, 0) is 12.1 Å². The number of alkyl halides is 1. The molecular formula is C11H7BrF2O2. The van der Waals surface area contributed by atoms with Gasteiger partial charge in [0.25, 0.3) is 0 Å². The third-order valence-electron chi connectivity index (χ3n) is 1.75. The quantitative estimate of drug-likeness (QED) is 0.671. The Labute approximate surface area is 99.4 Å². The van der Waals surface area contributed by atoms with Crippen LogP contribution in [0.15, 0.2) is 12.1 Å². The first-order valence-corrected chi connectivity index (χ1v) is 5.46. The minimum atomic E-state index is -1.64. The van der Waals surface area contributed by atoms with Crippen LogP contribution in [0.1, 0.15) is 22.3 Å². The predicted molar refractivity (Wildman–Crippen MR) is 58.6 cm³/mol. The summed E-state index contributed by atoms with van der Waals surface area (Å²) in [5, 5.41) is 9.24. The lowest BCUT2D eigenvalue weighted by Crippen LogP contribution is -2.06. The molecule has 0 radical (unpaired) electrons. The Kier molecular flexibility index (Phi) is 4.44. The average Bonchev–Trinajstić information content (AvgIpc) is 2.21. The van der Waals surface area contributed by atoms with Crippen molar-refractivity contribution in [3.05, 3.63) is 34.9 Å². The Morgan fingerprint density at radius 1 is 1.44 bits per heavy atom. The number of carbonyl (C=O) groups is 1. The van der Waals surface area contributed by atoms with E-state index >= 15 is 0 Å². The van der Waals surface area contributed by atoms with Crippen LogP contribution < -0.4 is 0 Å². The van der Waals surface area contributed by atoms with Crippen LogP contribution in [0.3, 0.4) is 0 Å². The van der Waals surface area contributed by atoms with Gasteiger partial charge in [-0.25, -0.2) is 13.6 Å². The molecule has 0 fully saturated rings. The minimum Gasteiger partial charge on any atom is -0.477 e. The Morgan fingerprint density at radius 3 is 2.69 bits per heavy atom. The maximum absolute atomic E-state index is 13.5. The fraction of sp³-hybridized carbons (Fsp3) is 0.182. The first-order chi connectivity index (χ1) is 7.57. The van der Waals surface area contributed by atoms with Gasteiger partial charge in [-0.1, -0.05) is 27.8 Å². The van der Waals surface area contributed by atoms with Gasteiger partial charge in [0, 0.05) is 11.8 Å². The van der Waals surface area contributed by atoms with E-state index in [0.717, 1.165) is 12.1 Å². The van der Waals surface area contributed by atoms with E-state index in [-0.39, 0.29) is 5.56 Å². The molecular weight excluding hydrogens is 282 g/mol. The number of hydrogen-bond donors (Lipinski definition) is 1. The lowest BCUT2D eigenvalue weighted by atomic mass is 10.1.